The molecular formula is C25H19F3N2O3. The third-order valence-corrected chi connectivity index (χ3v) is 7.53. The van der Waals surface area contributed by atoms with Gasteiger partial charge in [-0.15, -0.1) is 0 Å². The van der Waals surface area contributed by atoms with Gasteiger partial charge in [0.1, 0.15) is 0 Å². The lowest BCUT2D eigenvalue weighted by Gasteiger charge is -2.37. The minimum absolute atomic E-state index is 0.0275. The number of hydrogen-bond acceptors (Lipinski definition) is 3. The molecule has 168 valence electrons. The molecule has 6 atom stereocenters. The molecular weight excluding hydrogens is 433 g/mol. The van der Waals surface area contributed by atoms with E-state index in [9.17, 15) is 27.6 Å². The zero-order valence-electron chi connectivity index (χ0n) is 17.3. The lowest BCUT2D eigenvalue weighted by Crippen LogP contribution is -2.40. The van der Waals surface area contributed by atoms with Crippen LogP contribution in [0, 0.1) is 35.5 Å². The van der Waals surface area contributed by atoms with Gasteiger partial charge in [-0.05, 0) is 54.4 Å². The predicted molar refractivity (Wildman–Crippen MR) is 113 cm³/mol. The van der Waals surface area contributed by atoms with Crippen LogP contribution in [-0.4, -0.2) is 17.7 Å². The molecule has 33 heavy (non-hydrogen) atoms. The summed E-state index contributed by atoms with van der Waals surface area (Å²) in [5, 5.41) is 2.31. The molecule has 3 fully saturated rings. The van der Waals surface area contributed by atoms with Crippen molar-refractivity contribution in [3.63, 3.8) is 0 Å². The van der Waals surface area contributed by atoms with E-state index >= 15 is 0 Å². The average molecular weight is 452 g/mol. The van der Waals surface area contributed by atoms with Crippen molar-refractivity contribution in [2.75, 3.05) is 10.2 Å². The zero-order valence-corrected chi connectivity index (χ0v) is 17.3. The maximum atomic E-state index is 13.4. The van der Waals surface area contributed by atoms with Crippen molar-refractivity contribution in [3.8, 4) is 0 Å². The molecule has 5 nitrogen and oxygen atoms in total. The summed E-state index contributed by atoms with van der Waals surface area (Å²) in [5.41, 5.74) is -1.28. The first-order valence-electron chi connectivity index (χ1n) is 10.9. The molecule has 8 heteroatoms. The van der Waals surface area contributed by atoms with Crippen LogP contribution >= 0.6 is 0 Å². The minimum Gasteiger partial charge on any atom is -0.321 e. The molecule has 0 unspecified atom stereocenters. The van der Waals surface area contributed by atoms with Gasteiger partial charge in [0.15, 0.2) is 0 Å². The van der Waals surface area contributed by atoms with Crippen molar-refractivity contribution in [2.24, 2.45) is 35.5 Å². The maximum absolute atomic E-state index is 13.4. The summed E-state index contributed by atoms with van der Waals surface area (Å²) in [7, 11) is 0. The number of carbonyl (C=O) groups is 3. The van der Waals surface area contributed by atoms with Gasteiger partial charge in [0.2, 0.25) is 11.8 Å². The van der Waals surface area contributed by atoms with Gasteiger partial charge in [-0.25, -0.2) is 4.90 Å². The van der Waals surface area contributed by atoms with E-state index in [1.54, 1.807) is 12.1 Å². The van der Waals surface area contributed by atoms with Crippen molar-refractivity contribution in [2.45, 2.75) is 12.6 Å². The van der Waals surface area contributed by atoms with Crippen molar-refractivity contribution < 1.29 is 27.6 Å². The predicted octanol–water partition coefficient (Wildman–Crippen LogP) is 4.52. The molecule has 1 saturated heterocycles. The Morgan fingerprint density at radius 3 is 2.09 bits per heavy atom. The molecule has 1 aliphatic heterocycles. The quantitative estimate of drug-likeness (QED) is 0.550. The van der Waals surface area contributed by atoms with Gasteiger partial charge in [0.25, 0.3) is 5.91 Å². The van der Waals surface area contributed by atoms with E-state index in [-0.39, 0.29) is 40.6 Å². The molecule has 0 radical (unpaired) electrons. The number of carbonyl (C=O) groups excluding carboxylic acids is 3. The molecule has 3 amide bonds. The van der Waals surface area contributed by atoms with Crippen LogP contribution in [0.5, 0.6) is 0 Å². The van der Waals surface area contributed by atoms with E-state index in [0.717, 1.165) is 17.4 Å². The van der Waals surface area contributed by atoms with E-state index < -0.39 is 29.5 Å². The van der Waals surface area contributed by atoms with Crippen molar-refractivity contribution in [1.82, 2.24) is 0 Å². The van der Waals surface area contributed by atoms with Crippen LogP contribution < -0.4 is 10.2 Å². The number of benzene rings is 2. The van der Waals surface area contributed by atoms with Crippen LogP contribution in [0.15, 0.2) is 60.7 Å². The first-order valence-corrected chi connectivity index (χ1v) is 10.9. The van der Waals surface area contributed by atoms with Crippen molar-refractivity contribution in [1.29, 1.82) is 0 Å². The fourth-order valence-electron chi connectivity index (χ4n) is 6.08. The number of amides is 3. The van der Waals surface area contributed by atoms with E-state index in [4.69, 9.17) is 0 Å². The Kier molecular flexibility index (Phi) is 4.16. The molecule has 4 aliphatic carbocycles. The topological polar surface area (TPSA) is 66.5 Å². The number of imide groups is 1. The number of nitrogens with zero attached hydrogens (tertiary/aromatic N) is 1. The Hall–Kier alpha value is -3.42. The highest BCUT2D eigenvalue weighted by Crippen LogP contribution is 2.65. The monoisotopic (exact) mass is 452 g/mol. The fourth-order valence-corrected chi connectivity index (χ4v) is 6.08. The SMILES string of the molecule is O=C(Nc1ccccc1C(F)(F)F)c1ccccc1N1C(=O)[C@@H]2[C@@H]3C=C[C@H]([C@H]4C[C@@H]34)[C@@H]2C1=O. The number of nitrogens with one attached hydrogen (secondary N) is 1. The molecule has 1 N–H and O–H groups in total. The van der Waals surface area contributed by atoms with Gasteiger partial charge in [-0.2, -0.15) is 13.2 Å². The molecule has 1 heterocycles. The van der Waals surface area contributed by atoms with Gasteiger partial charge in [0, 0.05) is 0 Å². The summed E-state index contributed by atoms with van der Waals surface area (Å²) >= 11 is 0. The number of rotatable bonds is 3. The molecule has 2 aromatic carbocycles. The molecule has 7 rings (SSSR count). The number of alkyl halides is 3. The Morgan fingerprint density at radius 2 is 1.45 bits per heavy atom. The summed E-state index contributed by atoms with van der Waals surface area (Å²) in [4.78, 5) is 41.0. The van der Waals surface area contributed by atoms with Crippen LogP contribution in [0.3, 0.4) is 0 Å². The second-order valence-electron chi connectivity index (χ2n) is 9.18. The third kappa shape index (κ3) is 2.89. The van der Waals surface area contributed by atoms with E-state index in [2.05, 4.69) is 17.5 Å². The number of para-hydroxylation sites is 2. The van der Waals surface area contributed by atoms with Gasteiger partial charge < -0.3 is 5.32 Å². The summed E-state index contributed by atoms with van der Waals surface area (Å²) in [5.74, 6) is -1.39. The minimum atomic E-state index is -4.65. The number of hydrogen-bond donors (Lipinski definition) is 1. The second kappa shape index (κ2) is 6.79. The lowest BCUT2D eigenvalue weighted by molar-refractivity contribution is -0.137. The van der Waals surface area contributed by atoms with Gasteiger partial charge in [0.05, 0.1) is 34.3 Å². The van der Waals surface area contributed by atoms with Crippen LogP contribution in [0.2, 0.25) is 0 Å². The molecule has 2 aromatic rings. The molecule has 2 saturated carbocycles. The van der Waals surface area contributed by atoms with Crippen molar-refractivity contribution >= 4 is 29.1 Å². The summed E-state index contributed by atoms with van der Waals surface area (Å²) in [6, 6.07) is 10.7. The smallest absolute Gasteiger partial charge is 0.321 e. The maximum Gasteiger partial charge on any atom is 0.418 e. The lowest BCUT2D eigenvalue weighted by atomic mass is 9.63. The van der Waals surface area contributed by atoms with Crippen LogP contribution in [-0.2, 0) is 15.8 Å². The van der Waals surface area contributed by atoms with E-state index in [0.29, 0.717) is 11.8 Å². The summed E-state index contributed by atoms with van der Waals surface area (Å²) < 4.78 is 40.1. The normalized spacial score (nSPS) is 31.4. The largest absolute Gasteiger partial charge is 0.418 e. The molecule has 0 aromatic heterocycles. The summed E-state index contributed by atoms with van der Waals surface area (Å²) in [6.45, 7) is 0. The fraction of sp³-hybridized carbons (Fsp3) is 0.320. The van der Waals surface area contributed by atoms with E-state index in [1.165, 1.54) is 30.3 Å². The zero-order chi connectivity index (χ0) is 23.1. The van der Waals surface area contributed by atoms with Crippen molar-refractivity contribution in [3.05, 3.63) is 71.8 Å². The Bertz CT molecular complexity index is 1200. The van der Waals surface area contributed by atoms with Crippen LogP contribution in [0.1, 0.15) is 22.3 Å². The number of halogens is 3. The van der Waals surface area contributed by atoms with Crippen LogP contribution in [0.25, 0.3) is 0 Å². The van der Waals surface area contributed by atoms with Gasteiger partial charge in [-0.3, -0.25) is 14.4 Å². The third-order valence-electron chi connectivity index (χ3n) is 7.53. The summed E-state index contributed by atoms with van der Waals surface area (Å²) in [6.07, 6.45) is 0.503. The number of anilines is 2. The standard InChI is InChI=1S/C25H19F3N2O3/c26-25(27,28)17-6-2-3-7-18(17)29-22(31)14-5-1-4-8-19(14)30-23(32)20-12-9-10-13(16-11-15(12)16)21(20)24(30)33/h1-10,12-13,15-16,20-21H,11H2,(H,29,31)/t12-,13-,15-,16+,20+,21-/m1/s1. The van der Waals surface area contributed by atoms with Gasteiger partial charge >= 0.3 is 6.18 Å². The molecule has 5 aliphatic rings. The number of allylic oxidation sites excluding steroid dienone is 2. The van der Waals surface area contributed by atoms with E-state index in [1.807, 2.05) is 0 Å². The Balaban J connectivity index is 1.34. The molecule has 2 bridgehead atoms. The highest BCUT2D eigenvalue weighted by molar-refractivity contribution is 6.25. The highest BCUT2D eigenvalue weighted by Gasteiger charge is 2.67. The van der Waals surface area contributed by atoms with Crippen LogP contribution in [0.4, 0.5) is 24.5 Å². The van der Waals surface area contributed by atoms with Gasteiger partial charge in [-0.1, -0.05) is 36.4 Å². The Morgan fingerprint density at radius 1 is 0.879 bits per heavy atom. The highest BCUT2D eigenvalue weighted by atomic mass is 19.4. The Labute approximate surface area is 187 Å². The first-order chi connectivity index (χ1) is 15.8. The average Bonchev–Trinajstić information content (AvgIpc) is 3.57. The molecule has 0 spiro atoms. The first kappa shape index (κ1) is 20.2. The second-order valence-corrected chi connectivity index (χ2v) is 9.18.